The van der Waals surface area contributed by atoms with E-state index in [1.807, 2.05) is 42.7 Å². The van der Waals surface area contributed by atoms with Crippen molar-refractivity contribution in [3.05, 3.63) is 41.0 Å². The zero-order valence-electron chi connectivity index (χ0n) is 17.1. The van der Waals surface area contributed by atoms with E-state index in [9.17, 15) is 4.79 Å². The maximum absolute atomic E-state index is 12.3. The number of anilines is 1. The Morgan fingerprint density at radius 2 is 2.13 bits per heavy atom. The monoisotopic (exact) mass is 449 g/mol. The zero-order chi connectivity index (χ0) is 21.5. The van der Waals surface area contributed by atoms with E-state index in [0.717, 1.165) is 17.7 Å². The zero-order valence-corrected chi connectivity index (χ0v) is 18.7. The molecule has 0 radical (unpaired) electrons. The number of hydrogen-bond acceptors (Lipinski definition) is 7. The highest BCUT2D eigenvalue weighted by Crippen LogP contribution is 2.29. The smallest absolute Gasteiger partial charge is 0.237 e. The van der Waals surface area contributed by atoms with E-state index < -0.39 is 0 Å². The summed E-state index contributed by atoms with van der Waals surface area (Å²) >= 11 is 7.65. The summed E-state index contributed by atoms with van der Waals surface area (Å²) in [5.74, 6) is 1.17. The number of thioether (sulfide) groups is 1. The highest BCUT2D eigenvalue weighted by Gasteiger charge is 2.18. The molecule has 3 rings (SSSR count). The van der Waals surface area contributed by atoms with Crippen LogP contribution < -0.4 is 5.32 Å². The third-order valence-electron chi connectivity index (χ3n) is 4.28. The van der Waals surface area contributed by atoms with Crippen LogP contribution in [0.3, 0.4) is 0 Å². The lowest BCUT2D eigenvalue weighted by Crippen LogP contribution is -2.14. The molecule has 0 aliphatic heterocycles. The first-order valence-electron chi connectivity index (χ1n) is 9.56. The van der Waals surface area contributed by atoms with Gasteiger partial charge in [-0.25, -0.2) is 0 Å². The molecule has 0 aliphatic rings. The fraction of sp³-hybridized carbons (Fsp3) is 0.400. The van der Waals surface area contributed by atoms with E-state index in [1.165, 1.54) is 11.8 Å². The first-order valence-corrected chi connectivity index (χ1v) is 10.9. The largest absolute Gasteiger partial charge is 0.385 e. The fourth-order valence-electron chi connectivity index (χ4n) is 2.73. The molecule has 1 N–H and O–H groups in total. The second kappa shape index (κ2) is 10.6. The fourth-order valence-corrected chi connectivity index (χ4v) is 3.71. The van der Waals surface area contributed by atoms with Gasteiger partial charge in [0.25, 0.3) is 0 Å². The topological polar surface area (TPSA) is 95.1 Å². The van der Waals surface area contributed by atoms with Crippen molar-refractivity contribution in [2.24, 2.45) is 0 Å². The van der Waals surface area contributed by atoms with Crippen LogP contribution in [0, 0.1) is 0 Å². The van der Waals surface area contributed by atoms with Gasteiger partial charge >= 0.3 is 0 Å². The number of carbonyl (C=O) groups is 1. The van der Waals surface area contributed by atoms with Crippen LogP contribution in [0.1, 0.15) is 31.9 Å². The minimum Gasteiger partial charge on any atom is -0.385 e. The molecule has 0 bridgehead atoms. The van der Waals surface area contributed by atoms with E-state index in [4.69, 9.17) is 20.9 Å². The number of ether oxygens (including phenoxy) is 1. The quantitative estimate of drug-likeness (QED) is 0.360. The molecule has 0 atom stereocenters. The van der Waals surface area contributed by atoms with Crippen molar-refractivity contribution >= 4 is 35.2 Å². The first kappa shape index (κ1) is 22.3. The number of amides is 1. The third-order valence-corrected chi connectivity index (χ3v) is 5.57. The van der Waals surface area contributed by atoms with Crippen molar-refractivity contribution in [3.8, 4) is 11.4 Å². The summed E-state index contributed by atoms with van der Waals surface area (Å²) in [4.78, 5) is 12.3. The Bertz CT molecular complexity index is 988. The maximum atomic E-state index is 12.3. The molecule has 1 aromatic carbocycles. The molecule has 0 unspecified atom stereocenters. The molecule has 30 heavy (non-hydrogen) atoms. The Labute approximate surface area is 184 Å². The Balaban J connectivity index is 1.71. The molecule has 0 aliphatic carbocycles. The average Bonchev–Trinajstić information content (AvgIpc) is 3.34. The highest BCUT2D eigenvalue weighted by atomic mass is 35.5. The standard InChI is InChI=1S/C20H24ClN5O3S/c1-13(2)16-11-18(29-25-16)22-17(27)12-30-20-24-23-19(26(20)9-6-10-28-3)14-7-4-5-8-15(14)21/h4-5,7-8,11,13H,6,9-10,12H2,1-3H3,(H,22,27). The number of benzene rings is 1. The molecule has 1 amide bonds. The van der Waals surface area contributed by atoms with Gasteiger partial charge < -0.3 is 13.8 Å². The van der Waals surface area contributed by atoms with Gasteiger partial charge in [0, 0.05) is 31.9 Å². The number of carbonyl (C=O) groups excluding carboxylic acids is 1. The lowest BCUT2D eigenvalue weighted by atomic mass is 10.1. The van der Waals surface area contributed by atoms with Gasteiger partial charge in [0.15, 0.2) is 11.0 Å². The summed E-state index contributed by atoms with van der Waals surface area (Å²) in [5, 5.41) is 16.5. The van der Waals surface area contributed by atoms with Gasteiger partial charge in [0.05, 0.1) is 16.5 Å². The van der Waals surface area contributed by atoms with E-state index in [0.29, 0.717) is 35.0 Å². The number of halogens is 1. The number of nitrogens with zero attached hydrogens (tertiary/aromatic N) is 4. The van der Waals surface area contributed by atoms with E-state index in [2.05, 4.69) is 20.7 Å². The van der Waals surface area contributed by atoms with E-state index in [-0.39, 0.29) is 17.6 Å². The van der Waals surface area contributed by atoms with Gasteiger partial charge in [0.1, 0.15) is 0 Å². The van der Waals surface area contributed by atoms with Gasteiger partial charge in [-0.05, 0) is 24.5 Å². The lowest BCUT2D eigenvalue weighted by Gasteiger charge is -2.10. The van der Waals surface area contributed by atoms with Crippen LogP contribution in [0.15, 0.2) is 40.0 Å². The molecule has 10 heteroatoms. The van der Waals surface area contributed by atoms with Crippen LogP contribution in [0.4, 0.5) is 5.88 Å². The Hall–Kier alpha value is -2.36. The SMILES string of the molecule is COCCCn1c(SCC(=O)Nc2cc(C(C)C)no2)nnc1-c1ccccc1Cl. The van der Waals surface area contributed by atoms with Crippen molar-refractivity contribution in [1.82, 2.24) is 19.9 Å². The van der Waals surface area contributed by atoms with Crippen molar-refractivity contribution in [1.29, 1.82) is 0 Å². The summed E-state index contributed by atoms with van der Waals surface area (Å²) in [6.07, 6.45) is 0.780. The normalized spacial score (nSPS) is 11.2. The van der Waals surface area contributed by atoms with Crippen LogP contribution in [-0.4, -0.2) is 45.3 Å². The molecule has 0 spiro atoms. The van der Waals surface area contributed by atoms with Crippen molar-refractivity contribution < 1.29 is 14.1 Å². The Morgan fingerprint density at radius 1 is 1.33 bits per heavy atom. The molecule has 0 saturated heterocycles. The van der Waals surface area contributed by atoms with E-state index in [1.54, 1.807) is 13.2 Å². The summed E-state index contributed by atoms with van der Waals surface area (Å²) < 4.78 is 12.3. The summed E-state index contributed by atoms with van der Waals surface area (Å²) in [6, 6.07) is 9.21. The second-order valence-electron chi connectivity index (χ2n) is 6.89. The molecule has 8 nitrogen and oxygen atoms in total. The average molecular weight is 450 g/mol. The lowest BCUT2D eigenvalue weighted by molar-refractivity contribution is -0.113. The van der Waals surface area contributed by atoms with Crippen LogP contribution >= 0.6 is 23.4 Å². The van der Waals surface area contributed by atoms with Crippen molar-refractivity contribution in [3.63, 3.8) is 0 Å². The van der Waals surface area contributed by atoms with Crippen molar-refractivity contribution in [2.75, 3.05) is 24.8 Å². The number of aromatic nitrogens is 4. The minimum absolute atomic E-state index is 0.155. The second-order valence-corrected chi connectivity index (χ2v) is 8.24. The van der Waals surface area contributed by atoms with Crippen molar-refractivity contribution in [2.45, 2.75) is 37.9 Å². The maximum Gasteiger partial charge on any atom is 0.237 e. The van der Waals surface area contributed by atoms with Crippen LogP contribution in [0.25, 0.3) is 11.4 Å². The number of rotatable bonds is 10. The highest BCUT2D eigenvalue weighted by molar-refractivity contribution is 7.99. The third kappa shape index (κ3) is 5.62. The molecule has 2 heterocycles. The van der Waals surface area contributed by atoms with Gasteiger partial charge in [0.2, 0.25) is 11.8 Å². The van der Waals surface area contributed by atoms with Gasteiger partial charge in [-0.15, -0.1) is 10.2 Å². The molecule has 2 aromatic heterocycles. The number of methoxy groups -OCH3 is 1. The van der Waals surface area contributed by atoms with Crippen LogP contribution in [-0.2, 0) is 16.1 Å². The predicted octanol–water partition coefficient (Wildman–Crippen LogP) is 4.48. The molecular weight excluding hydrogens is 426 g/mol. The Kier molecular flexibility index (Phi) is 7.89. The van der Waals surface area contributed by atoms with Crippen LogP contribution in [0.2, 0.25) is 5.02 Å². The molecule has 3 aromatic rings. The molecule has 160 valence electrons. The van der Waals surface area contributed by atoms with E-state index >= 15 is 0 Å². The van der Waals surface area contributed by atoms with Gasteiger partial charge in [-0.3, -0.25) is 10.1 Å². The first-order chi connectivity index (χ1) is 14.5. The van der Waals surface area contributed by atoms with Crippen LogP contribution in [0.5, 0.6) is 0 Å². The van der Waals surface area contributed by atoms with Gasteiger partial charge in [-0.2, -0.15) is 0 Å². The molecule has 0 fully saturated rings. The molecule has 0 saturated carbocycles. The summed E-state index contributed by atoms with van der Waals surface area (Å²) in [6.45, 7) is 5.26. The Morgan fingerprint density at radius 3 is 2.83 bits per heavy atom. The number of hydrogen-bond donors (Lipinski definition) is 1. The predicted molar refractivity (Wildman–Crippen MR) is 117 cm³/mol. The summed E-state index contributed by atoms with van der Waals surface area (Å²) in [7, 11) is 1.66. The van der Waals surface area contributed by atoms with Gasteiger partial charge in [-0.1, -0.05) is 54.5 Å². The minimum atomic E-state index is -0.211. The summed E-state index contributed by atoms with van der Waals surface area (Å²) in [5.41, 5.74) is 1.59. The number of nitrogens with one attached hydrogen (secondary N) is 1. The molecular formula is C20H24ClN5O3S.